The lowest BCUT2D eigenvalue weighted by Gasteiger charge is -2.18. The maximum absolute atomic E-state index is 11.9. The molecule has 1 aromatic carbocycles. The summed E-state index contributed by atoms with van der Waals surface area (Å²) in [7, 11) is 1.59. The van der Waals surface area contributed by atoms with E-state index >= 15 is 0 Å². The first-order valence-electron chi connectivity index (χ1n) is 7.06. The molecule has 0 spiro atoms. The Morgan fingerprint density at radius 2 is 2.35 bits per heavy atom. The van der Waals surface area contributed by atoms with Crippen LogP contribution in [0.4, 0.5) is 0 Å². The molecule has 1 aromatic rings. The van der Waals surface area contributed by atoms with Crippen LogP contribution in [0.2, 0.25) is 0 Å². The second-order valence-electron chi connectivity index (χ2n) is 5.12. The number of nitrogens with zero attached hydrogens (tertiary/aromatic N) is 2. The standard InChI is InChI=1S/C16H20N2O2/c1-3-5-15(19)18-9-8-13(11-18)14-7-4-6-12(10-17)16(14)20-2/h4,6-7,13H,3,5,8-9,11H2,1-2H3. The number of hydrogen-bond donors (Lipinski definition) is 0. The smallest absolute Gasteiger partial charge is 0.222 e. The van der Waals surface area contributed by atoms with Crippen molar-refractivity contribution in [2.45, 2.75) is 32.1 Å². The second-order valence-corrected chi connectivity index (χ2v) is 5.12. The van der Waals surface area contributed by atoms with Crippen LogP contribution in [0.3, 0.4) is 0 Å². The van der Waals surface area contributed by atoms with E-state index in [1.54, 1.807) is 13.2 Å². The zero-order chi connectivity index (χ0) is 14.5. The number of rotatable bonds is 4. The highest BCUT2D eigenvalue weighted by Crippen LogP contribution is 2.35. The van der Waals surface area contributed by atoms with Crippen molar-refractivity contribution in [1.29, 1.82) is 5.26 Å². The van der Waals surface area contributed by atoms with Gasteiger partial charge in [-0.15, -0.1) is 0 Å². The van der Waals surface area contributed by atoms with E-state index in [1.807, 2.05) is 24.0 Å². The molecule has 2 rings (SSSR count). The highest BCUT2D eigenvalue weighted by Gasteiger charge is 2.29. The van der Waals surface area contributed by atoms with Gasteiger partial charge in [-0.25, -0.2) is 0 Å². The van der Waals surface area contributed by atoms with Crippen LogP contribution < -0.4 is 4.74 Å². The van der Waals surface area contributed by atoms with Crippen LogP contribution in [-0.4, -0.2) is 31.0 Å². The predicted octanol–water partition coefficient (Wildman–Crippen LogP) is 2.68. The highest BCUT2D eigenvalue weighted by molar-refractivity contribution is 5.76. The van der Waals surface area contributed by atoms with E-state index < -0.39 is 0 Å². The average molecular weight is 272 g/mol. The Morgan fingerprint density at radius 1 is 1.55 bits per heavy atom. The third-order valence-corrected chi connectivity index (χ3v) is 3.81. The molecule has 1 aliphatic heterocycles. The van der Waals surface area contributed by atoms with Gasteiger partial charge in [0.2, 0.25) is 5.91 Å². The molecule has 0 N–H and O–H groups in total. The quantitative estimate of drug-likeness (QED) is 0.846. The Bertz CT molecular complexity index is 534. The maximum atomic E-state index is 11.9. The third kappa shape index (κ3) is 2.77. The normalized spacial score (nSPS) is 17.9. The van der Waals surface area contributed by atoms with Crippen LogP contribution in [0, 0.1) is 11.3 Å². The zero-order valence-corrected chi connectivity index (χ0v) is 12.1. The van der Waals surface area contributed by atoms with E-state index in [9.17, 15) is 4.79 Å². The fraction of sp³-hybridized carbons (Fsp3) is 0.500. The van der Waals surface area contributed by atoms with E-state index in [0.717, 1.165) is 31.5 Å². The number of carbonyl (C=O) groups is 1. The van der Waals surface area contributed by atoms with Crippen LogP contribution in [0.5, 0.6) is 5.75 Å². The summed E-state index contributed by atoms with van der Waals surface area (Å²) in [6.07, 6.45) is 2.43. The fourth-order valence-corrected chi connectivity index (χ4v) is 2.80. The van der Waals surface area contributed by atoms with Gasteiger partial charge in [0.05, 0.1) is 12.7 Å². The molecule has 106 valence electrons. The lowest BCUT2D eigenvalue weighted by molar-refractivity contribution is -0.130. The molecule has 0 aromatic heterocycles. The van der Waals surface area contributed by atoms with Crippen molar-refractivity contribution >= 4 is 5.91 Å². The van der Waals surface area contributed by atoms with Crippen molar-refractivity contribution in [3.05, 3.63) is 29.3 Å². The lowest BCUT2D eigenvalue weighted by Crippen LogP contribution is -2.28. The molecule has 1 unspecified atom stereocenters. The maximum Gasteiger partial charge on any atom is 0.222 e. The number of carbonyl (C=O) groups excluding carboxylic acids is 1. The summed E-state index contributed by atoms with van der Waals surface area (Å²) in [6.45, 7) is 3.54. The molecule has 1 saturated heterocycles. The number of amides is 1. The molecule has 1 amide bonds. The highest BCUT2D eigenvalue weighted by atomic mass is 16.5. The Hall–Kier alpha value is -2.02. The Labute approximate surface area is 120 Å². The molecule has 1 fully saturated rings. The molecule has 1 aliphatic rings. The van der Waals surface area contributed by atoms with Gasteiger partial charge in [0, 0.05) is 31.0 Å². The van der Waals surface area contributed by atoms with Crippen LogP contribution in [0.15, 0.2) is 18.2 Å². The van der Waals surface area contributed by atoms with Crippen LogP contribution in [-0.2, 0) is 4.79 Å². The molecule has 0 aliphatic carbocycles. The first-order chi connectivity index (χ1) is 9.71. The predicted molar refractivity (Wildman–Crippen MR) is 76.6 cm³/mol. The number of nitriles is 1. The van der Waals surface area contributed by atoms with Gasteiger partial charge in [0.1, 0.15) is 11.8 Å². The zero-order valence-electron chi connectivity index (χ0n) is 12.1. The van der Waals surface area contributed by atoms with E-state index in [1.165, 1.54) is 0 Å². The summed E-state index contributed by atoms with van der Waals surface area (Å²) in [5.41, 5.74) is 1.60. The van der Waals surface area contributed by atoms with Gasteiger partial charge in [-0.2, -0.15) is 5.26 Å². The van der Waals surface area contributed by atoms with E-state index in [-0.39, 0.29) is 11.8 Å². The first-order valence-corrected chi connectivity index (χ1v) is 7.06. The number of hydrogen-bond acceptors (Lipinski definition) is 3. The van der Waals surface area contributed by atoms with Gasteiger partial charge in [-0.05, 0) is 18.9 Å². The minimum atomic E-state index is 0.227. The Balaban J connectivity index is 2.18. The topological polar surface area (TPSA) is 53.3 Å². The van der Waals surface area contributed by atoms with Crippen LogP contribution in [0.25, 0.3) is 0 Å². The average Bonchev–Trinajstić information content (AvgIpc) is 2.96. The van der Waals surface area contributed by atoms with Crippen molar-refractivity contribution in [3.63, 3.8) is 0 Å². The fourth-order valence-electron chi connectivity index (χ4n) is 2.80. The summed E-state index contributed by atoms with van der Waals surface area (Å²) in [4.78, 5) is 13.9. The summed E-state index contributed by atoms with van der Waals surface area (Å²) < 4.78 is 5.40. The van der Waals surface area contributed by atoms with Gasteiger partial charge in [0.15, 0.2) is 0 Å². The molecule has 4 heteroatoms. The largest absolute Gasteiger partial charge is 0.495 e. The minimum absolute atomic E-state index is 0.227. The Kier molecular flexibility index (Phi) is 4.62. The van der Waals surface area contributed by atoms with Gasteiger partial charge in [-0.3, -0.25) is 4.79 Å². The molecule has 0 bridgehead atoms. The molecule has 0 saturated carbocycles. The van der Waals surface area contributed by atoms with E-state index in [4.69, 9.17) is 10.00 Å². The van der Waals surface area contributed by atoms with Gasteiger partial charge in [0.25, 0.3) is 0 Å². The van der Waals surface area contributed by atoms with Crippen LogP contribution in [0.1, 0.15) is 43.2 Å². The monoisotopic (exact) mass is 272 g/mol. The number of ether oxygens (including phenoxy) is 1. The van der Waals surface area contributed by atoms with Crippen molar-refractivity contribution in [1.82, 2.24) is 4.90 Å². The second kappa shape index (κ2) is 6.42. The summed E-state index contributed by atoms with van der Waals surface area (Å²) >= 11 is 0. The number of likely N-dealkylation sites (tertiary alicyclic amines) is 1. The summed E-state index contributed by atoms with van der Waals surface area (Å²) in [6, 6.07) is 7.80. The van der Waals surface area contributed by atoms with Crippen molar-refractivity contribution in [3.8, 4) is 11.8 Å². The molecular weight excluding hydrogens is 252 g/mol. The molecule has 1 heterocycles. The van der Waals surface area contributed by atoms with Crippen LogP contribution >= 0.6 is 0 Å². The lowest BCUT2D eigenvalue weighted by atomic mass is 9.95. The van der Waals surface area contributed by atoms with Crippen molar-refractivity contribution < 1.29 is 9.53 Å². The third-order valence-electron chi connectivity index (χ3n) is 3.81. The minimum Gasteiger partial charge on any atom is -0.495 e. The van der Waals surface area contributed by atoms with Gasteiger partial charge in [-0.1, -0.05) is 19.1 Å². The van der Waals surface area contributed by atoms with Crippen molar-refractivity contribution in [2.24, 2.45) is 0 Å². The molecule has 4 nitrogen and oxygen atoms in total. The summed E-state index contributed by atoms with van der Waals surface area (Å²) in [5.74, 6) is 1.15. The Morgan fingerprint density at radius 3 is 3.00 bits per heavy atom. The molecular formula is C16H20N2O2. The molecule has 1 atom stereocenters. The SMILES string of the molecule is CCCC(=O)N1CCC(c2cccc(C#N)c2OC)C1. The van der Waals surface area contributed by atoms with E-state index in [0.29, 0.717) is 17.7 Å². The number of para-hydroxylation sites is 1. The van der Waals surface area contributed by atoms with Crippen molar-refractivity contribution in [2.75, 3.05) is 20.2 Å². The molecule has 20 heavy (non-hydrogen) atoms. The van der Waals surface area contributed by atoms with E-state index in [2.05, 4.69) is 6.07 Å². The number of methoxy groups -OCH3 is 1. The van der Waals surface area contributed by atoms with Gasteiger partial charge < -0.3 is 9.64 Å². The number of benzene rings is 1. The molecule has 0 radical (unpaired) electrons. The summed E-state index contributed by atoms with van der Waals surface area (Å²) in [5, 5.41) is 9.13. The van der Waals surface area contributed by atoms with Gasteiger partial charge >= 0.3 is 0 Å². The first kappa shape index (κ1) is 14.4.